The SMILES string of the molecule is CC(=O)Nc1ccc(S(=O)(=O)Oc2ccc(Cl)cc2CN(C[C@@H]2CCCO2)C(C)=O)cc1. The van der Waals surface area contributed by atoms with Crippen molar-refractivity contribution in [3.63, 3.8) is 0 Å². The highest BCUT2D eigenvalue weighted by molar-refractivity contribution is 7.87. The molecule has 10 heteroatoms. The molecular formula is C22H25ClN2O6S. The Morgan fingerprint density at radius 2 is 1.91 bits per heavy atom. The summed E-state index contributed by atoms with van der Waals surface area (Å²) < 4.78 is 36.7. The lowest BCUT2D eigenvalue weighted by atomic mass is 10.1. The molecule has 0 radical (unpaired) electrons. The molecule has 0 spiro atoms. The molecule has 172 valence electrons. The molecular weight excluding hydrogens is 456 g/mol. The molecule has 1 atom stereocenters. The normalized spacial score (nSPS) is 15.9. The summed E-state index contributed by atoms with van der Waals surface area (Å²) in [5.41, 5.74) is 0.930. The molecule has 0 aromatic heterocycles. The highest BCUT2D eigenvalue weighted by Gasteiger charge is 2.24. The van der Waals surface area contributed by atoms with E-state index >= 15 is 0 Å². The van der Waals surface area contributed by atoms with Crippen molar-refractivity contribution in [2.45, 2.75) is 44.2 Å². The van der Waals surface area contributed by atoms with Crippen LogP contribution in [-0.2, 0) is 31.0 Å². The smallest absolute Gasteiger partial charge is 0.339 e. The van der Waals surface area contributed by atoms with Gasteiger partial charge in [0.1, 0.15) is 10.6 Å². The molecule has 0 saturated carbocycles. The molecule has 3 rings (SSSR count). The number of hydrogen-bond acceptors (Lipinski definition) is 6. The zero-order valence-corrected chi connectivity index (χ0v) is 19.4. The van der Waals surface area contributed by atoms with Gasteiger partial charge in [-0.25, -0.2) is 0 Å². The van der Waals surface area contributed by atoms with Gasteiger partial charge in [-0.15, -0.1) is 0 Å². The number of amides is 2. The number of carbonyl (C=O) groups excluding carboxylic acids is 2. The summed E-state index contributed by atoms with van der Waals surface area (Å²) in [4.78, 5) is 24.9. The van der Waals surface area contributed by atoms with Gasteiger partial charge in [0, 0.05) is 49.8 Å². The largest absolute Gasteiger partial charge is 0.379 e. The Hall–Kier alpha value is -2.62. The minimum atomic E-state index is -4.16. The Morgan fingerprint density at radius 3 is 2.50 bits per heavy atom. The summed E-state index contributed by atoms with van der Waals surface area (Å²) in [5, 5.41) is 2.97. The van der Waals surface area contributed by atoms with E-state index in [1.807, 2.05) is 0 Å². The first kappa shape index (κ1) is 24.0. The van der Waals surface area contributed by atoms with E-state index in [-0.39, 0.29) is 35.1 Å². The van der Waals surface area contributed by atoms with Gasteiger partial charge in [-0.2, -0.15) is 8.42 Å². The number of anilines is 1. The summed E-state index contributed by atoms with van der Waals surface area (Å²) in [6, 6.07) is 10.2. The van der Waals surface area contributed by atoms with Crippen molar-refractivity contribution in [1.82, 2.24) is 4.90 Å². The molecule has 0 aliphatic carbocycles. The van der Waals surface area contributed by atoms with E-state index in [4.69, 9.17) is 20.5 Å². The van der Waals surface area contributed by atoms with Gasteiger partial charge in [0.05, 0.1) is 6.10 Å². The molecule has 2 aromatic rings. The number of ether oxygens (including phenoxy) is 1. The second kappa shape index (κ2) is 10.3. The summed E-state index contributed by atoms with van der Waals surface area (Å²) in [6.45, 7) is 4.01. The van der Waals surface area contributed by atoms with Crippen LogP contribution in [0.5, 0.6) is 5.75 Å². The molecule has 1 fully saturated rings. The van der Waals surface area contributed by atoms with E-state index in [0.29, 0.717) is 29.4 Å². The fourth-order valence-corrected chi connectivity index (χ4v) is 4.53. The summed E-state index contributed by atoms with van der Waals surface area (Å²) in [5.74, 6) is -0.345. The number of benzene rings is 2. The van der Waals surface area contributed by atoms with Crippen LogP contribution in [0.1, 0.15) is 32.3 Å². The molecule has 0 bridgehead atoms. The van der Waals surface area contributed by atoms with Crippen LogP contribution in [0.25, 0.3) is 0 Å². The van der Waals surface area contributed by atoms with Gasteiger partial charge in [-0.1, -0.05) is 11.6 Å². The minimum absolute atomic E-state index is 0.0479. The van der Waals surface area contributed by atoms with Crippen molar-refractivity contribution in [3.8, 4) is 5.75 Å². The Kier molecular flexibility index (Phi) is 7.76. The minimum Gasteiger partial charge on any atom is -0.379 e. The van der Waals surface area contributed by atoms with E-state index in [2.05, 4.69) is 5.32 Å². The topological polar surface area (TPSA) is 102 Å². The lowest BCUT2D eigenvalue weighted by Gasteiger charge is -2.25. The zero-order valence-electron chi connectivity index (χ0n) is 17.8. The van der Waals surface area contributed by atoms with E-state index in [1.54, 1.807) is 11.0 Å². The second-order valence-corrected chi connectivity index (χ2v) is 9.51. The van der Waals surface area contributed by atoms with Crippen LogP contribution in [0, 0.1) is 0 Å². The standard InChI is InChI=1S/C22H25ClN2O6S/c1-15(26)24-19-6-8-21(9-7-19)32(28,29)31-22-10-5-18(23)12-17(22)13-25(16(2)27)14-20-4-3-11-30-20/h5-10,12,20H,3-4,11,13-14H2,1-2H3,(H,24,26)/t20-/m0/s1. The van der Waals surface area contributed by atoms with Crippen LogP contribution < -0.4 is 9.50 Å². The number of nitrogens with zero attached hydrogens (tertiary/aromatic N) is 1. The molecule has 1 saturated heterocycles. The number of rotatable bonds is 8. The lowest BCUT2D eigenvalue weighted by Crippen LogP contribution is -2.35. The van der Waals surface area contributed by atoms with E-state index < -0.39 is 10.1 Å². The molecule has 1 aliphatic rings. The average Bonchev–Trinajstić information content (AvgIpc) is 3.22. The molecule has 2 aromatic carbocycles. The molecule has 0 unspecified atom stereocenters. The molecule has 1 N–H and O–H groups in total. The maximum absolute atomic E-state index is 12.8. The predicted molar refractivity (Wildman–Crippen MR) is 120 cm³/mol. The number of nitrogens with one attached hydrogen (secondary N) is 1. The Bertz CT molecular complexity index is 1080. The lowest BCUT2D eigenvalue weighted by molar-refractivity contribution is -0.131. The second-order valence-electron chi connectivity index (χ2n) is 7.53. The predicted octanol–water partition coefficient (Wildman–Crippen LogP) is 3.59. The van der Waals surface area contributed by atoms with Gasteiger partial charge in [0.2, 0.25) is 11.8 Å². The van der Waals surface area contributed by atoms with E-state index in [0.717, 1.165) is 12.8 Å². The zero-order chi connectivity index (χ0) is 23.3. The Balaban J connectivity index is 1.81. The van der Waals surface area contributed by atoms with Crippen LogP contribution in [0.3, 0.4) is 0 Å². The van der Waals surface area contributed by atoms with E-state index in [1.165, 1.54) is 50.2 Å². The summed E-state index contributed by atoms with van der Waals surface area (Å²) in [6.07, 6.45) is 1.76. The van der Waals surface area contributed by atoms with E-state index in [9.17, 15) is 18.0 Å². The highest BCUT2D eigenvalue weighted by atomic mass is 35.5. The van der Waals surface area contributed by atoms with Gasteiger partial charge >= 0.3 is 10.1 Å². The third-order valence-electron chi connectivity index (χ3n) is 4.94. The quantitative estimate of drug-likeness (QED) is 0.579. The first-order valence-electron chi connectivity index (χ1n) is 10.1. The van der Waals surface area contributed by atoms with Gasteiger partial charge in [-0.3, -0.25) is 9.59 Å². The maximum atomic E-state index is 12.8. The van der Waals surface area contributed by atoms with Crippen molar-refractivity contribution >= 4 is 39.2 Å². The van der Waals surface area contributed by atoms with Crippen LogP contribution >= 0.6 is 11.6 Å². The number of carbonyl (C=O) groups is 2. The third kappa shape index (κ3) is 6.44. The van der Waals surface area contributed by atoms with Crippen LogP contribution in [0.15, 0.2) is 47.4 Å². The number of hydrogen-bond donors (Lipinski definition) is 1. The Labute approximate surface area is 192 Å². The molecule has 8 nitrogen and oxygen atoms in total. The van der Waals surface area contributed by atoms with Gasteiger partial charge in [0.25, 0.3) is 0 Å². The van der Waals surface area contributed by atoms with Crippen molar-refractivity contribution in [3.05, 3.63) is 53.1 Å². The first-order chi connectivity index (χ1) is 15.1. The van der Waals surface area contributed by atoms with Crippen LogP contribution in [-0.4, -0.2) is 44.4 Å². The molecule has 1 heterocycles. The highest BCUT2D eigenvalue weighted by Crippen LogP contribution is 2.28. The van der Waals surface area contributed by atoms with Gasteiger partial charge in [-0.05, 0) is 55.3 Å². The monoisotopic (exact) mass is 480 g/mol. The fourth-order valence-electron chi connectivity index (χ4n) is 3.37. The van der Waals surface area contributed by atoms with Gasteiger partial charge in [0.15, 0.2) is 0 Å². The van der Waals surface area contributed by atoms with Crippen molar-refractivity contribution in [2.24, 2.45) is 0 Å². The first-order valence-corrected chi connectivity index (χ1v) is 11.9. The average molecular weight is 481 g/mol. The molecule has 32 heavy (non-hydrogen) atoms. The van der Waals surface area contributed by atoms with Crippen molar-refractivity contribution in [2.75, 3.05) is 18.5 Å². The van der Waals surface area contributed by atoms with Crippen LogP contribution in [0.2, 0.25) is 5.02 Å². The summed E-state index contributed by atoms with van der Waals surface area (Å²) in [7, 11) is -4.16. The van der Waals surface area contributed by atoms with Gasteiger partial charge < -0.3 is 19.1 Å². The summed E-state index contributed by atoms with van der Waals surface area (Å²) >= 11 is 6.13. The fraction of sp³-hybridized carbons (Fsp3) is 0.364. The maximum Gasteiger partial charge on any atom is 0.339 e. The third-order valence-corrected chi connectivity index (χ3v) is 6.42. The number of halogens is 1. The Morgan fingerprint density at radius 1 is 1.19 bits per heavy atom. The van der Waals surface area contributed by atoms with Crippen molar-refractivity contribution < 1.29 is 26.9 Å². The molecule has 2 amide bonds. The van der Waals surface area contributed by atoms with Crippen molar-refractivity contribution in [1.29, 1.82) is 0 Å². The molecule has 1 aliphatic heterocycles. The van der Waals surface area contributed by atoms with Crippen LogP contribution in [0.4, 0.5) is 5.69 Å².